The Morgan fingerprint density at radius 2 is 1.83 bits per heavy atom. The fraction of sp³-hybridized carbons (Fsp3) is 0.467. The molecule has 0 saturated carbocycles. The summed E-state index contributed by atoms with van der Waals surface area (Å²) in [6.45, 7) is 10.8. The number of carboxylic acid groups (broad SMARTS) is 1. The highest BCUT2D eigenvalue weighted by Gasteiger charge is 2.36. The lowest BCUT2D eigenvalue weighted by Gasteiger charge is -2.36. The third kappa shape index (κ3) is 6.19. The highest BCUT2D eigenvalue weighted by atomic mass is 35.5. The minimum Gasteiger partial charge on any atom is -0.481 e. The van der Waals surface area contributed by atoms with E-state index in [4.69, 9.17) is 16.4 Å². The van der Waals surface area contributed by atoms with Crippen molar-refractivity contribution in [2.24, 2.45) is 22.4 Å². The average Bonchev–Trinajstić information content (AvgIpc) is 3.04. The molecule has 0 spiro atoms. The fourth-order valence-electron chi connectivity index (χ4n) is 4.89. The molecule has 1 N–H and O–H groups in total. The van der Waals surface area contributed by atoms with Crippen LogP contribution in [0.5, 0.6) is 0 Å². The Balaban J connectivity index is 1.41. The summed E-state index contributed by atoms with van der Waals surface area (Å²) in [7, 11) is 0. The van der Waals surface area contributed by atoms with Gasteiger partial charge in [0, 0.05) is 23.0 Å². The number of piperidine rings is 1. The molecule has 0 aromatic heterocycles. The minimum atomic E-state index is -0.684. The zero-order valence-electron chi connectivity index (χ0n) is 21.8. The molecule has 1 saturated heterocycles. The lowest BCUT2D eigenvalue weighted by Crippen LogP contribution is -2.42. The molecule has 4 rings (SSSR count). The van der Waals surface area contributed by atoms with Gasteiger partial charge in [0.05, 0.1) is 11.1 Å². The van der Waals surface area contributed by atoms with Crippen molar-refractivity contribution in [3.63, 3.8) is 0 Å². The van der Waals surface area contributed by atoms with Gasteiger partial charge >= 0.3 is 5.97 Å². The number of hydrogen-bond donors (Lipinski definition) is 1. The number of allylic oxidation sites excluding steroid dienone is 1. The molecule has 6 heteroatoms. The van der Waals surface area contributed by atoms with Gasteiger partial charge in [-0.15, -0.1) is 0 Å². The number of halogens is 1. The number of hydrogen-bond acceptors (Lipinski definition) is 4. The molecule has 1 unspecified atom stereocenters. The van der Waals surface area contributed by atoms with E-state index >= 15 is 0 Å². The van der Waals surface area contributed by atoms with Crippen LogP contribution in [0.1, 0.15) is 69.2 Å². The zero-order valence-corrected chi connectivity index (χ0v) is 22.5. The predicted molar refractivity (Wildman–Crippen MR) is 146 cm³/mol. The summed E-state index contributed by atoms with van der Waals surface area (Å²) in [4.78, 5) is 19.8. The maximum atomic E-state index is 11.5. The summed E-state index contributed by atoms with van der Waals surface area (Å²) < 4.78 is 0. The van der Waals surface area contributed by atoms with E-state index in [0.717, 1.165) is 65.7 Å². The van der Waals surface area contributed by atoms with Crippen LogP contribution < -0.4 is 0 Å². The molecule has 36 heavy (non-hydrogen) atoms. The van der Waals surface area contributed by atoms with Crippen LogP contribution in [-0.2, 0) is 22.6 Å². The summed E-state index contributed by atoms with van der Waals surface area (Å²) in [6, 6.07) is 14.6. The molecule has 2 heterocycles. The van der Waals surface area contributed by atoms with Crippen LogP contribution in [0, 0.1) is 17.3 Å². The topological polar surface area (TPSA) is 62.1 Å². The Labute approximate surface area is 219 Å². The normalized spacial score (nSPS) is 20.3. The van der Waals surface area contributed by atoms with Crippen molar-refractivity contribution in [2.45, 2.75) is 59.9 Å². The predicted octanol–water partition coefficient (Wildman–Crippen LogP) is 7.03. The van der Waals surface area contributed by atoms with E-state index < -0.39 is 11.4 Å². The highest BCUT2D eigenvalue weighted by Crippen LogP contribution is 2.32. The zero-order chi connectivity index (χ0) is 25.9. The summed E-state index contributed by atoms with van der Waals surface area (Å²) in [5.41, 5.74) is 4.72. The number of nitrogens with zero attached hydrogens (tertiary/aromatic N) is 2. The van der Waals surface area contributed by atoms with Crippen LogP contribution in [0.15, 0.2) is 53.7 Å². The van der Waals surface area contributed by atoms with Crippen molar-refractivity contribution in [3.8, 4) is 0 Å². The van der Waals surface area contributed by atoms with E-state index in [1.165, 1.54) is 5.56 Å². The molecule has 2 aromatic rings. The molecule has 0 aliphatic carbocycles. The van der Waals surface area contributed by atoms with Crippen LogP contribution in [0.3, 0.4) is 0 Å². The molecule has 5 nitrogen and oxygen atoms in total. The van der Waals surface area contributed by atoms with Gasteiger partial charge in [0.1, 0.15) is 0 Å². The number of rotatable bonds is 7. The first-order chi connectivity index (χ1) is 17.1. The molecule has 0 amide bonds. The van der Waals surface area contributed by atoms with Crippen LogP contribution in [0.4, 0.5) is 0 Å². The molecule has 2 aliphatic heterocycles. The summed E-state index contributed by atoms with van der Waals surface area (Å²) in [5.74, 6) is 0.828. The minimum absolute atomic E-state index is 0.222. The molecular weight excluding hydrogens is 472 g/mol. The van der Waals surface area contributed by atoms with Crippen LogP contribution in [0.2, 0.25) is 5.02 Å². The molecular formula is C30H37ClN2O3. The smallest absolute Gasteiger partial charge is 0.309 e. The van der Waals surface area contributed by atoms with E-state index in [0.29, 0.717) is 18.8 Å². The van der Waals surface area contributed by atoms with Gasteiger partial charge < -0.3 is 9.94 Å². The number of benzene rings is 2. The molecule has 1 fully saturated rings. The van der Waals surface area contributed by atoms with Gasteiger partial charge in [-0.2, -0.15) is 0 Å². The van der Waals surface area contributed by atoms with Gasteiger partial charge in [-0.3, -0.25) is 9.69 Å². The lowest BCUT2D eigenvalue weighted by atomic mass is 9.80. The van der Waals surface area contributed by atoms with E-state index in [1.807, 2.05) is 13.0 Å². The molecule has 192 valence electrons. The second-order valence-electron chi connectivity index (χ2n) is 11.0. The van der Waals surface area contributed by atoms with Crippen molar-refractivity contribution in [2.75, 3.05) is 13.1 Å². The van der Waals surface area contributed by atoms with Crippen molar-refractivity contribution in [1.82, 2.24) is 4.90 Å². The third-order valence-electron chi connectivity index (χ3n) is 7.46. The van der Waals surface area contributed by atoms with Crippen molar-refractivity contribution in [3.05, 3.63) is 75.8 Å². The first-order valence-corrected chi connectivity index (χ1v) is 13.3. The molecule has 2 aliphatic rings. The number of carbonyl (C=O) groups is 1. The van der Waals surface area contributed by atoms with Crippen molar-refractivity contribution < 1.29 is 14.7 Å². The van der Waals surface area contributed by atoms with Crippen LogP contribution >= 0.6 is 11.6 Å². The molecule has 2 aromatic carbocycles. The van der Waals surface area contributed by atoms with E-state index in [2.05, 4.69) is 73.3 Å². The Kier molecular flexibility index (Phi) is 8.21. The quantitative estimate of drug-likeness (QED) is 0.436. The summed E-state index contributed by atoms with van der Waals surface area (Å²) in [6.07, 6.45) is 5.26. The fourth-order valence-corrected chi connectivity index (χ4v) is 5.15. The first-order valence-electron chi connectivity index (χ1n) is 12.9. The highest BCUT2D eigenvalue weighted by molar-refractivity contribution is 6.31. The molecule has 0 bridgehead atoms. The number of likely N-dealkylation sites (tertiary alicyclic amines) is 1. The SMILES string of the molecule is CC(C)Cc1ccc(C2=CCC(C)C(c3ccc(CN4CCC(C)(C(=O)O)CC4)cc3)=NO2)cc1Cl. The number of carboxylic acids is 1. The largest absolute Gasteiger partial charge is 0.481 e. The average molecular weight is 509 g/mol. The van der Waals surface area contributed by atoms with Gasteiger partial charge in [0.2, 0.25) is 0 Å². The molecule has 0 radical (unpaired) electrons. The second-order valence-corrected chi connectivity index (χ2v) is 11.4. The Morgan fingerprint density at radius 1 is 1.17 bits per heavy atom. The van der Waals surface area contributed by atoms with Gasteiger partial charge in [0.25, 0.3) is 0 Å². The van der Waals surface area contributed by atoms with Gasteiger partial charge in [-0.25, -0.2) is 0 Å². The van der Waals surface area contributed by atoms with Gasteiger partial charge in [0.15, 0.2) is 5.76 Å². The van der Waals surface area contributed by atoms with Gasteiger partial charge in [-0.05, 0) is 80.4 Å². The van der Waals surface area contributed by atoms with Crippen LogP contribution in [0.25, 0.3) is 5.76 Å². The van der Waals surface area contributed by atoms with E-state index in [-0.39, 0.29) is 5.92 Å². The second kappa shape index (κ2) is 11.2. The molecule has 1 atom stereocenters. The lowest BCUT2D eigenvalue weighted by molar-refractivity contribution is -0.150. The maximum absolute atomic E-state index is 11.5. The van der Waals surface area contributed by atoms with E-state index in [1.54, 1.807) is 0 Å². The number of oxime groups is 1. The van der Waals surface area contributed by atoms with Crippen LogP contribution in [-0.4, -0.2) is 34.8 Å². The monoisotopic (exact) mass is 508 g/mol. The van der Waals surface area contributed by atoms with Gasteiger partial charge in [-0.1, -0.05) is 73.9 Å². The van der Waals surface area contributed by atoms with Crippen molar-refractivity contribution in [1.29, 1.82) is 0 Å². The Morgan fingerprint density at radius 3 is 2.44 bits per heavy atom. The van der Waals surface area contributed by atoms with E-state index in [9.17, 15) is 9.90 Å². The van der Waals surface area contributed by atoms with Crippen molar-refractivity contribution >= 4 is 29.0 Å². The maximum Gasteiger partial charge on any atom is 0.309 e. The Bertz CT molecular complexity index is 1150. The summed E-state index contributed by atoms with van der Waals surface area (Å²) in [5, 5.41) is 14.8. The third-order valence-corrected chi connectivity index (χ3v) is 7.82. The Hall–Kier alpha value is -2.63. The summed E-state index contributed by atoms with van der Waals surface area (Å²) >= 11 is 6.55. The number of aliphatic carboxylic acids is 1. The standard InChI is InChI=1S/C30H37ClN2O3/c1-20(2)17-24-10-11-25(18-26(24)31)27-12-5-21(3)28(32-36-27)23-8-6-22(7-9-23)19-33-15-13-30(4,14-16-33)29(34)35/h6-12,18,20-21H,5,13-17,19H2,1-4H3,(H,34,35). The first kappa shape index (κ1) is 26.4.